The van der Waals surface area contributed by atoms with Gasteiger partial charge in [0, 0.05) is 5.92 Å². The molecule has 4 N–H and O–H groups in total. The molecule has 0 aliphatic carbocycles. The Labute approximate surface area is 82.2 Å². The van der Waals surface area contributed by atoms with Crippen LogP contribution < -0.4 is 11.1 Å². The quantitative estimate of drug-likeness (QED) is 0.304. The number of alkyl halides is 1. The lowest BCUT2D eigenvalue weighted by atomic mass is 10.0. The van der Waals surface area contributed by atoms with Crippen molar-refractivity contribution < 1.29 is 14.6 Å². The Bertz CT molecular complexity index is 168. The second-order valence-corrected chi connectivity index (χ2v) is 3.06. The highest BCUT2D eigenvalue weighted by Crippen LogP contribution is 2.11. The van der Waals surface area contributed by atoms with E-state index in [0.29, 0.717) is 0 Å². The van der Waals surface area contributed by atoms with Gasteiger partial charge in [0.25, 0.3) is 0 Å². The number of aliphatic hydroxyl groups excluding tert-OH is 1. The molecule has 0 radical (unpaired) electrons. The molecule has 0 fully saturated rings. The number of hydrogen-bond acceptors (Lipinski definition) is 5. The summed E-state index contributed by atoms with van der Waals surface area (Å²) < 4.78 is 4.43. The van der Waals surface area contributed by atoms with E-state index in [1.54, 1.807) is 7.05 Å². The van der Waals surface area contributed by atoms with E-state index < -0.39 is 23.4 Å². The Kier molecular flexibility index (Phi) is 5.98. The molecule has 0 saturated heterocycles. The first-order valence-corrected chi connectivity index (χ1v) is 4.27. The minimum absolute atomic E-state index is 0.273. The molecule has 0 aromatic heterocycles. The Hall–Kier alpha value is -0.360. The van der Waals surface area contributed by atoms with Gasteiger partial charge in [0.05, 0.1) is 19.2 Å². The normalized spacial score (nSPS) is 17.6. The highest BCUT2D eigenvalue weighted by molar-refractivity contribution is 6.20. The summed E-state index contributed by atoms with van der Waals surface area (Å²) in [6, 6.07) is -0.912. The summed E-state index contributed by atoms with van der Waals surface area (Å²) in [7, 11) is 2.85. The third-order valence-corrected chi connectivity index (χ3v) is 2.34. The molecule has 5 nitrogen and oxygen atoms in total. The van der Waals surface area contributed by atoms with Gasteiger partial charge < -0.3 is 20.9 Å². The predicted octanol–water partition coefficient (Wildman–Crippen LogP) is -1.12. The molecule has 3 atom stereocenters. The number of rotatable bonds is 5. The van der Waals surface area contributed by atoms with Crippen LogP contribution in [0.4, 0.5) is 0 Å². The summed E-state index contributed by atoms with van der Waals surface area (Å²) in [5, 5.41) is 11.6. The summed E-state index contributed by atoms with van der Waals surface area (Å²) in [5.74, 6) is -1.14. The standard InChI is InChI=1S/C7H15ClN2O3/c1-10-6(8)4(3-11)5(9)7(12)13-2/h4-6,10-11H,3,9H2,1-2H3. The van der Waals surface area contributed by atoms with E-state index >= 15 is 0 Å². The lowest BCUT2D eigenvalue weighted by Gasteiger charge is -2.23. The van der Waals surface area contributed by atoms with Crippen LogP contribution in [-0.2, 0) is 9.53 Å². The first-order chi connectivity index (χ1) is 6.08. The summed E-state index contributed by atoms with van der Waals surface area (Å²) in [5.41, 5.74) is 4.94. The number of ether oxygens (including phenoxy) is 1. The maximum Gasteiger partial charge on any atom is 0.323 e. The highest BCUT2D eigenvalue weighted by Gasteiger charge is 2.29. The molecular weight excluding hydrogens is 196 g/mol. The Morgan fingerprint density at radius 1 is 1.77 bits per heavy atom. The first kappa shape index (κ1) is 12.6. The number of methoxy groups -OCH3 is 1. The minimum Gasteiger partial charge on any atom is -0.468 e. The molecule has 13 heavy (non-hydrogen) atoms. The molecule has 0 rings (SSSR count). The third kappa shape index (κ3) is 3.48. The number of hydrogen-bond donors (Lipinski definition) is 3. The average molecular weight is 211 g/mol. The van der Waals surface area contributed by atoms with Crippen LogP contribution in [0.3, 0.4) is 0 Å². The van der Waals surface area contributed by atoms with Crippen LogP contribution in [0.2, 0.25) is 0 Å². The summed E-state index contributed by atoms with van der Waals surface area (Å²) in [6.45, 7) is -0.273. The van der Waals surface area contributed by atoms with Crippen LogP contribution in [0, 0.1) is 5.92 Å². The van der Waals surface area contributed by atoms with Crippen LogP contribution in [0.25, 0.3) is 0 Å². The molecule has 0 spiro atoms. The second kappa shape index (κ2) is 6.15. The fourth-order valence-corrected chi connectivity index (χ4v) is 1.15. The number of aliphatic hydroxyl groups is 1. The highest BCUT2D eigenvalue weighted by atomic mass is 35.5. The van der Waals surface area contributed by atoms with Crippen molar-refractivity contribution in [1.82, 2.24) is 5.32 Å². The minimum atomic E-state index is -0.912. The lowest BCUT2D eigenvalue weighted by Crippen LogP contribution is -2.48. The Balaban J connectivity index is 4.30. The Morgan fingerprint density at radius 2 is 2.31 bits per heavy atom. The largest absolute Gasteiger partial charge is 0.468 e. The number of esters is 1. The Morgan fingerprint density at radius 3 is 2.62 bits per heavy atom. The fourth-order valence-electron chi connectivity index (χ4n) is 0.913. The van der Waals surface area contributed by atoms with Gasteiger partial charge in [-0.25, -0.2) is 0 Å². The van der Waals surface area contributed by atoms with E-state index in [0.717, 1.165) is 0 Å². The van der Waals surface area contributed by atoms with E-state index in [1.807, 2.05) is 0 Å². The smallest absolute Gasteiger partial charge is 0.323 e. The van der Waals surface area contributed by atoms with Gasteiger partial charge in [-0.15, -0.1) is 11.6 Å². The molecule has 0 amide bonds. The molecule has 0 bridgehead atoms. The van der Waals surface area contributed by atoms with Crippen LogP contribution in [0.15, 0.2) is 0 Å². The summed E-state index contributed by atoms with van der Waals surface area (Å²) >= 11 is 5.77. The van der Waals surface area contributed by atoms with Crippen LogP contribution in [-0.4, -0.2) is 43.4 Å². The first-order valence-electron chi connectivity index (χ1n) is 3.84. The maximum atomic E-state index is 11.0. The third-order valence-electron chi connectivity index (χ3n) is 1.80. The lowest BCUT2D eigenvalue weighted by molar-refractivity contribution is -0.144. The van der Waals surface area contributed by atoms with Crippen molar-refractivity contribution in [3.8, 4) is 0 Å². The number of halogens is 1. The summed E-state index contributed by atoms with van der Waals surface area (Å²) in [6.07, 6.45) is 0. The van der Waals surface area contributed by atoms with Gasteiger partial charge in [0.15, 0.2) is 0 Å². The van der Waals surface area contributed by atoms with E-state index in [4.69, 9.17) is 22.4 Å². The molecule has 6 heteroatoms. The van der Waals surface area contributed by atoms with Crippen molar-refractivity contribution in [2.24, 2.45) is 11.7 Å². The van der Waals surface area contributed by atoms with Crippen molar-refractivity contribution in [1.29, 1.82) is 0 Å². The van der Waals surface area contributed by atoms with Crippen LogP contribution >= 0.6 is 11.6 Å². The molecule has 0 aromatic rings. The zero-order valence-electron chi connectivity index (χ0n) is 7.66. The second-order valence-electron chi connectivity index (χ2n) is 2.59. The molecular formula is C7H15ClN2O3. The van der Waals surface area contributed by atoms with Crippen molar-refractivity contribution >= 4 is 17.6 Å². The monoisotopic (exact) mass is 210 g/mol. The van der Waals surface area contributed by atoms with E-state index in [2.05, 4.69) is 10.1 Å². The zero-order chi connectivity index (χ0) is 10.4. The van der Waals surface area contributed by atoms with Crippen molar-refractivity contribution in [2.45, 2.75) is 11.5 Å². The predicted molar refractivity (Wildman–Crippen MR) is 49.3 cm³/mol. The van der Waals surface area contributed by atoms with E-state index in [1.165, 1.54) is 7.11 Å². The molecule has 0 saturated carbocycles. The van der Waals surface area contributed by atoms with Gasteiger partial charge in [-0.1, -0.05) is 0 Å². The van der Waals surface area contributed by atoms with Gasteiger partial charge in [-0.2, -0.15) is 0 Å². The summed E-state index contributed by atoms with van der Waals surface area (Å²) in [4.78, 5) is 11.0. The number of nitrogens with two attached hydrogens (primary N) is 1. The van der Waals surface area contributed by atoms with Gasteiger partial charge in [-0.05, 0) is 7.05 Å². The van der Waals surface area contributed by atoms with Gasteiger partial charge >= 0.3 is 5.97 Å². The van der Waals surface area contributed by atoms with E-state index in [-0.39, 0.29) is 6.61 Å². The van der Waals surface area contributed by atoms with Crippen LogP contribution in [0.1, 0.15) is 0 Å². The van der Waals surface area contributed by atoms with Crippen molar-refractivity contribution in [3.63, 3.8) is 0 Å². The van der Waals surface area contributed by atoms with E-state index in [9.17, 15) is 4.79 Å². The number of carbonyl (C=O) groups is 1. The van der Waals surface area contributed by atoms with Crippen molar-refractivity contribution in [3.05, 3.63) is 0 Å². The van der Waals surface area contributed by atoms with Crippen molar-refractivity contribution in [2.75, 3.05) is 20.8 Å². The molecule has 78 valence electrons. The topological polar surface area (TPSA) is 84.6 Å². The SMILES string of the molecule is CNC(Cl)C(CO)C(N)C(=O)OC. The van der Waals surface area contributed by atoms with Gasteiger partial charge in [-0.3, -0.25) is 4.79 Å². The number of carbonyl (C=O) groups excluding carboxylic acids is 1. The molecule has 0 aromatic carbocycles. The maximum absolute atomic E-state index is 11.0. The zero-order valence-corrected chi connectivity index (χ0v) is 8.41. The van der Waals surface area contributed by atoms with Gasteiger partial charge in [0.2, 0.25) is 0 Å². The molecule has 3 unspecified atom stereocenters. The average Bonchev–Trinajstić information content (AvgIpc) is 2.17. The fraction of sp³-hybridized carbons (Fsp3) is 0.857. The number of nitrogens with one attached hydrogen (secondary N) is 1. The molecule has 0 heterocycles. The molecule has 0 aliphatic heterocycles. The molecule has 0 aliphatic rings. The van der Waals surface area contributed by atoms with Gasteiger partial charge in [0.1, 0.15) is 6.04 Å². The van der Waals surface area contributed by atoms with Crippen LogP contribution in [0.5, 0.6) is 0 Å².